The predicted molar refractivity (Wildman–Crippen MR) is 77.9 cm³/mol. The molecule has 1 heterocycles. The van der Waals surface area contributed by atoms with E-state index in [4.69, 9.17) is 17.3 Å². The maximum atomic E-state index is 6.18. The van der Waals surface area contributed by atoms with Crippen LogP contribution in [0.25, 0.3) is 0 Å². The molecule has 17 heavy (non-hydrogen) atoms. The number of thiazole rings is 1. The van der Waals surface area contributed by atoms with E-state index >= 15 is 0 Å². The van der Waals surface area contributed by atoms with Gasteiger partial charge in [-0.05, 0) is 30.2 Å². The van der Waals surface area contributed by atoms with E-state index in [1.165, 1.54) is 4.88 Å². The Labute approximate surface area is 118 Å². The highest BCUT2D eigenvalue weighted by Crippen LogP contribution is 2.28. The molecule has 0 spiro atoms. The second kappa shape index (κ2) is 5.38. The van der Waals surface area contributed by atoms with Gasteiger partial charge in [-0.3, -0.25) is 0 Å². The second-order valence-corrected chi connectivity index (χ2v) is 6.13. The van der Waals surface area contributed by atoms with Crippen molar-refractivity contribution in [1.82, 2.24) is 4.98 Å². The molecule has 0 fully saturated rings. The Morgan fingerprint density at radius 3 is 2.94 bits per heavy atom. The van der Waals surface area contributed by atoms with E-state index in [2.05, 4.69) is 27.8 Å². The van der Waals surface area contributed by atoms with E-state index in [0.717, 1.165) is 33.6 Å². The first-order valence-corrected chi connectivity index (χ1v) is 7.27. The molecule has 0 amide bonds. The summed E-state index contributed by atoms with van der Waals surface area (Å²) in [5.74, 6) is 0. The summed E-state index contributed by atoms with van der Waals surface area (Å²) < 4.78 is 1.03. The molecule has 2 nitrogen and oxygen atoms in total. The largest absolute Gasteiger partial charge is 0.375 e. The number of benzene rings is 1. The fraction of sp³-hybridized carbons (Fsp3) is 0.250. The third kappa shape index (κ3) is 3.00. The first-order chi connectivity index (χ1) is 8.10. The van der Waals surface area contributed by atoms with Gasteiger partial charge < -0.3 is 5.73 Å². The van der Waals surface area contributed by atoms with Gasteiger partial charge in [0.15, 0.2) is 5.13 Å². The molecule has 5 heteroatoms. The average molecular weight is 332 g/mol. The molecule has 0 aliphatic heterocycles. The minimum atomic E-state index is 0.628. The van der Waals surface area contributed by atoms with Gasteiger partial charge in [0.05, 0.1) is 5.69 Å². The topological polar surface area (TPSA) is 38.9 Å². The number of aryl methyl sites for hydroxylation is 1. The van der Waals surface area contributed by atoms with Crippen molar-refractivity contribution in [2.24, 2.45) is 0 Å². The Morgan fingerprint density at radius 2 is 2.24 bits per heavy atom. The van der Waals surface area contributed by atoms with Gasteiger partial charge in [0.25, 0.3) is 0 Å². The Morgan fingerprint density at radius 1 is 1.47 bits per heavy atom. The van der Waals surface area contributed by atoms with Gasteiger partial charge in [0, 0.05) is 20.8 Å². The molecule has 0 bridgehead atoms. The molecule has 2 N–H and O–H groups in total. The Balaban J connectivity index is 2.33. The van der Waals surface area contributed by atoms with Crippen molar-refractivity contribution in [1.29, 1.82) is 0 Å². The van der Waals surface area contributed by atoms with Gasteiger partial charge in [-0.25, -0.2) is 4.98 Å². The van der Waals surface area contributed by atoms with Crippen LogP contribution in [0.15, 0.2) is 22.7 Å². The predicted octanol–water partition coefficient (Wildman–Crippen LogP) is 4.29. The molecule has 0 aliphatic rings. The van der Waals surface area contributed by atoms with Crippen LogP contribution in [-0.2, 0) is 12.8 Å². The minimum absolute atomic E-state index is 0.628. The van der Waals surface area contributed by atoms with Crippen molar-refractivity contribution in [3.05, 3.63) is 43.8 Å². The van der Waals surface area contributed by atoms with E-state index in [-0.39, 0.29) is 0 Å². The highest BCUT2D eigenvalue weighted by Gasteiger charge is 2.10. The molecule has 2 aromatic rings. The van der Waals surface area contributed by atoms with Gasteiger partial charge in [0.2, 0.25) is 0 Å². The standard InChI is InChI=1S/C12H12BrClN2S/c1-2-10-11(17-12(15)16-10)6-7-5-8(13)3-4-9(7)14/h3-5H,2,6H2,1H3,(H2,15,16). The average Bonchev–Trinajstić information content (AvgIpc) is 2.64. The summed E-state index contributed by atoms with van der Waals surface area (Å²) in [6, 6.07) is 5.88. The summed E-state index contributed by atoms with van der Waals surface area (Å²) in [4.78, 5) is 5.52. The molecular formula is C12H12BrClN2S. The fourth-order valence-corrected chi connectivity index (χ4v) is 3.21. The number of nitrogens with zero attached hydrogens (tertiary/aromatic N) is 1. The van der Waals surface area contributed by atoms with Crippen molar-refractivity contribution >= 4 is 44.0 Å². The highest BCUT2D eigenvalue weighted by atomic mass is 79.9. The first-order valence-electron chi connectivity index (χ1n) is 5.28. The van der Waals surface area contributed by atoms with E-state index < -0.39 is 0 Å². The van der Waals surface area contributed by atoms with Crippen molar-refractivity contribution in [2.75, 3.05) is 5.73 Å². The van der Waals surface area contributed by atoms with Crippen LogP contribution in [0.4, 0.5) is 5.13 Å². The molecule has 0 radical (unpaired) electrons. The van der Waals surface area contributed by atoms with Gasteiger partial charge in [0.1, 0.15) is 0 Å². The summed E-state index contributed by atoms with van der Waals surface area (Å²) in [6.45, 7) is 2.08. The zero-order valence-electron chi connectivity index (χ0n) is 9.34. The minimum Gasteiger partial charge on any atom is -0.375 e. The Bertz CT molecular complexity index is 539. The van der Waals surface area contributed by atoms with Crippen LogP contribution in [0.5, 0.6) is 0 Å². The van der Waals surface area contributed by atoms with Gasteiger partial charge in [-0.2, -0.15) is 0 Å². The highest BCUT2D eigenvalue weighted by molar-refractivity contribution is 9.10. The van der Waals surface area contributed by atoms with Crippen molar-refractivity contribution < 1.29 is 0 Å². The molecule has 90 valence electrons. The summed E-state index contributed by atoms with van der Waals surface area (Å²) in [6.07, 6.45) is 1.69. The third-order valence-corrected chi connectivity index (χ3v) is 4.28. The number of rotatable bonds is 3. The van der Waals surface area contributed by atoms with E-state index in [9.17, 15) is 0 Å². The molecule has 0 atom stereocenters. The lowest BCUT2D eigenvalue weighted by atomic mass is 10.1. The van der Waals surface area contributed by atoms with Crippen LogP contribution in [0, 0.1) is 0 Å². The number of nitrogens with two attached hydrogens (primary N) is 1. The van der Waals surface area contributed by atoms with E-state index in [1.54, 1.807) is 11.3 Å². The molecule has 0 saturated carbocycles. The molecule has 0 aliphatic carbocycles. The van der Waals surface area contributed by atoms with Crippen molar-refractivity contribution in [2.45, 2.75) is 19.8 Å². The lowest BCUT2D eigenvalue weighted by Crippen LogP contribution is -1.92. The summed E-state index contributed by atoms with van der Waals surface area (Å²) in [5.41, 5.74) is 7.91. The number of halogens is 2. The van der Waals surface area contributed by atoms with Crippen LogP contribution in [-0.4, -0.2) is 4.98 Å². The number of hydrogen-bond donors (Lipinski definition) is 1. The zero-order valence-corrected chi connectivity index (χ0v) is 12.5. The van der Waals surface area contributed by atoms with Gasteiger partial charge in [-0.15, -0.1) is 11.3 Å². The number of hydrogen-bond acceptors (Lipinski definition) is 3. The Hall–Kier alpha value is -0.580. The third-order valence-electron chi connectivity index (χ3n) is 2.49. The van der Waals surface area contributed by atoms with E-state index in [1.807, 2.05) is 18.2 Å². The smallest absolute Gasteiger partial charge is 0.180 e. The van der Waals surface area contributed by atoms with Crippen LogP contribution in [0.2, 0.25) is 5.02 Å². The molecule has 0 saturated heterocycles. The zero-order chi connectivity index (χ0) is 12.4. The molecule has 1 aromatic heterocycles. The van der Waals surface area contributed by atoms with Crippen LogP contribution >= 0.6 is 38.9 Å². The Kier molecular flexibility index (Phi) is 4.07. The first kappa shape index (κ1) is 12.9. The SMILES string of the molecule is CCc1nc(N)sc1Cc1cc(Br)ccc1Cl. The molecule has 0 unspecified atom stereocenters. The summed E-state index contributed by atoms with van der Waals surface area (Å²) >= 11 is 11.2. The summed E-state index contributed by atoms with van der Waals surface area (Å²) in [5, 5.41) is 1.41. The molecule has 2 rings (SSSR count). The number of nitrogen functional groups attached to an aromatic ring is 1. The lowest BCUT2D eigenvalue weighted by molar-refractivity contribution is 1.02. The second-order valence-electron chi connectivity index (χ2n) is 3.69. The summed E-state index contributed by atoms with van der Waals surface area (Å²) in [7, 11) is 0. The quantitative estimate of drug-likeness (QED) is 0.911. The van der Waals surface area contributed by atoms with Crippen molar-refractivity contribution in [3.8, 4) is 0 Å². The molecule has 1 aromatic carbocycles. The van der Waals surface area contributed by atoms with E-state index in [0.29, 0.717) is 5.13 Å². The van der Waals surface area contributed by atoms with Crippen LogP contribution in [0.3, 0.4) is 0 Å². The molecular weight excluding hydrogens is 320 g/mol. The van der Waals surface area contributed by atoms with Crippen LogP contribution < -0.4 is 5.73 Å². The normalized spacial score (nSPS) is 10.8. The van der Waals surface area contributed by atoms with Gasteiger partial charge in [-0.1, -0.05) is 34.5 Å². The lowest BCUT2D eigenvalue weighted by Gasteiger charge is -2.04. The maximum absolute atomic E-state index is 6.18. The number of anilines is 1. The van der Waals surface area contributed by atoms with Gasteiger partial charge >= 0.3 is 0 Å². The monoisotopic (exact) mass is 330 g/mol. The van der Waals surface area contributed by atoms with Crippen LogP contribution in [0.1, 0.15) is 23.1 Å². The maximum Gasteiger partial charge on any atom is 0.180 e. The van der Waals surface area contributed by atoms with Crippen molar-refractivity contribution in [3.63, 3.8) is 0 Å². The fourth-order valence-electron chi connectivity index (χ4n) is 1.67. The number of aromatic nitrogens is 1.